The third kappa shape index (κ3) is 6.48. The summed E-state index contributed by atoms with van der Waals surface area (Å²) in [5, 5.41) is 26.4. The molecular formula is C13H24N6O5. The van der Waals surface area contributed by atoms with Crippen LogP contribution < -0.4 is 22.1 Å². The Morgan fingerprint density at radius 1 is 1.38 bits per heavy atom. The van der Waals surface area contributed by atoms with Crippen LogP contribution in [0.1, 0.15) is 43.9 Å². The Bertz CT molecular complexity index is 535. The van der Waals surface area contributed by atoms with Gasteiger partial charge in [0.15, 0.2) is 11.9 Å². The SMILES string of the molecule is CC(O)C(NC(=O)NCc1nc([C@@H](N)CCCCN)no1)C(=O)O. The first kappa shape index (κ1) is 19.8. The molecule has 136 valence electrons. The van der Waals surface area contributed by atoms with Crippen molar-refractivity contribution >= 4 is 12.0 Å². The Kier molecular flexibility index (Phi) is 8.09. The van der Waals surface area contributed by atoms with Gasteiger partial charge in [-0.25, -0.2) is 9.59 Å². The van der Waals surface area contributed by atoms with Crippen LogP contribution in [0.25, 0.3) is 0 Å². The lowest BCUT2D eigenvalue weighted by molar-refractivity contribution is -0.141. The highest BCUT2D eigenvalue weighted by molar-refractivity contribution is 5.82. The van der Waals surface area contributed by atoms with Crippen LogP contribution in [0, 0.1) is 0 Å². The van der Waals surface area contributed by atoms with Crippen molar-refractivity contribution in [3.63, 3.8) is 0 Å². The first-order valence-corrected chi connectivity index (χ1v) is 7.58. The van der Waals surface area contributed by atoms with E-state index >= 15 is 0 Å². The molecule has 0 aliphatic heterocycles. The van der Waals surface area contributed by atoms with E-state index in [0.717, 1.165) is 12.8 Å². The highest BCUT2D eigenvalue weighted by Crippen LogP contribution is 2.13. The molecule has 1 aromatic rings. The molecule has 0 aromatic carbocycles. The minimum absolute atomic E-state index is 0.0967. The number of aliphatic hydroxyl groups excluding tert-OH is 1. The van der Waals surface area contributed by atoms with Gasteiger partial charge in [0.05, 0.1) is 18.7 Å². The molecule has 0 aliphatic rings. The number of carboxylic acids is 1. The van der Waals surface area contributed by atoms with Crippen molar-refractivity contribution in [1.82, 2.24) is 20.8 Å². The number of aliphatic hydroxyl groups is 1. The molecule has 1 aromatic heterocycles. The molecule has 0 fully saturated rings. The summed E-state index contributed by atoms with van der Waals surface area (Å²) in [6.45, 7) is 1.75. The number of carboxylic acid groups (broad SMARTS) is 1. The van der Waals surface area contributed by atoms with Crippen molar-refractivity contribution in [2.75, 3.05) is 6.54 Å². The van der Waals surface area contributed by atoms with E-state index in [1.54, 1.807) is 0 Å². The molecule has 8 N–H and O–H groups in total. The van der Waals surface area contributed by atoms with Crippen LogP contribution >= 0.6 is 0 Å². The minimum Gasteiger partial charge on any atom is -0.480 e. The molecule has 0 spiro atoms. The van der Waals surface area contributed by atoms with Crippen LogP contribution in [-0.4, -0.2) is 51.0 Å². The molecule has 11 nitrogen and oxygen atoms in total. The van der Waals surface area contributed by atoms with Gasteiger partial charge in [-0.1, -0.05) is 11.6 Å². The molecule has 11 heteroatoms. The molecule has 0 aliphatic carbocycles. The highest BCUT2D eigenvalue weighted by atomic mass is 16.5. The van der Waals surface area contributed by atoms with Gasteiger partial charge in [0, 0.05) is 0 Å². The summed E-state index contributed by atoms with van der Waals surface area (Å²) in [5.41, 5.74) is 11.3. The van der Waals surface area contributed by atoms with E-state index in [1.165, 1.54) is 6.92 Å². The van der Waals surface area contributed by atoms with E-state index < -0.39 is 24.1 Å². The molecule has 24 heavy (non-hydrogen) atoms. The van der Waals surface area contributed by atoms with Crippen LogP contribution in [0.15, 0.2) is 4.52 Å². The van der Waals surface area contributed by atoms with Crippen molar-refractivity contribution in [2.45, 2.75) is 50.9 Å². The first-order valence-electron chi connectivity index (χ1n) is 7.58. The predicted octanol–water partition coefficient (Wildman–Crippen LogP) is -1.17. The maximum atomic E-state index is 11.6. The van der Waals surface area contributed by atoms with E-state index in [4.69, 9.17) is 21.1 Å². The molecule has 0 saturated carbocycles. The summed E-state index contributed by atoms with van der Waals surface area (Å²) in [4.78, 5) is 26.6. The minimum atomic E-state index is -1.42. The van der Waals surface area contributed by atoms with Crippen molar-refractivity contribution in [3.8, 4) is 0 Å². The fraction of sp³-hybridized carbons (Fsp3) is 0.692. The van der Waals surface area contributed by atoms with Crippen molar-refractivity contribution in [1.29, 1.82) is 0 Å². The lowest BCUT2D eigenvalue weighted by atomic mass is 10.1. The van der Waals surface area contributed by atoms with E-state index in [-0.39, 0.29) is 18.5 Å². The second kappa shape index (κ2) is 9.80. The molecule has 1 rings (SSSR count). The molecule has 0 bridgehead atoms. The summed E-state index contributed by atoms with van der Waals surface area (Å²) in [6, 6.07) is -2.58. The largest absolute Gasteiger partial charge is 0.480 e. The maximum Gasteiger partial charge on any atom is 0.328 e. The summed E-state index contributed by atoms with van der Waals surface area (Å²) in [6.07, 6.45) is 1.13. The number of aromatic nitrogens is 2. The number of nitrogens with zero attached hydrogens (tertiary/aromatic N) is 2. The Morgan fingerprint density at radius 2 is 2.08 bits per heavy atom. The van der Waals surface area contributed by atoms with Crippen molar-refractivity contribution in [3.05, 3.63) is 11.7 Å². The number of hydrogen-bond acceptors (Lipinski definition) is 8. The number of carbonyl (C=O) groups excluding carboxylic acids is 1. The van der Waals surface area contributed by atoms with Crippen LogP contribution in [0.4, 0.5) is 4.79 Å². The fourth-order valence-corrected chi connectivity index (χ4v) is 1.86. The Balaban J connectivity index is 2.45. The normalized spacial score (nSPS) is 14.7. The summed E-state index contributed by atoms with van der Waals surface area (Å²) >= 11 is 0. The molecule has 2 unspecified atom stereocenters. The van der Waals surface area contributed by atoms with E-state index in [2.05, 4.69) is 20.8 Å². The Hall–Kier alpha value is -2.24. The monoisotopic (exact) mass is 344 g/mol. The molecule has 0 saturated heterocycles. The number of urea groups is 1. The van der Waals surface area contributed by atoms with Gasteiger partial charge in [0.2, 0.25) is 5.89 Å². The van der Waals surface area contributed by atoms with Crippen molar-refractivity contribution in [2.24, 2.45) is 11.5 Å². The third-order valence-electron chi connectivity index (χ3n) is 3.22. The van der Waals surface area contributed by atoms with Crippen LogP contribution in [0.3, 0.4) is 0 Å². The zero-order valence-corrected chi connectivity index (χ0v) is 13.4. The van der Waals surface area contributed by atoms with Gasteiger partial charge in [0.25, 0.3) is 0 Å². The number of unbranched alkanes of at least 4 members (excludes halogenated alkanes) is 1. The number of nitrogens with two attached hydrogens (primary N) is 2. The smallest absolute Gasteiger partial charge is 0.328 e. The van der Waals surface area contributed by atoms with Gasteiger partial charge in [-0.15, -0.1) is 0 Å². The van der Waals surface area contributed by atoms with Gasteiger partial charge in [0.1, 0.15) is 0 Å². The predicted molar refractivity (Wildman–Crippen MR) is 82.6 cm³/mol. The summed E-state index contributed by atoms with van der Waals surface area (Å²) < 4.78 is 4.97. The number of amides is 2. The second-order valence-corrected chi connectivity index (χ2v) is 5.32. The Morgan fingerprint density at radius 3 is 2.67 bits per heavy atom. The van der Waals surface area contributed by atoms with Gasteiger partial charge in [-0.2, -0.15) is 4.98 Å². The van der Waals surface area contributed by atoms with Gasteiger partial charge in [-0.3, -0.25) is 0 Å². The van der Waals surface area contributed by atoms with Crippen LogP contribution in [0.2, 0.25) is 0 Å². The van der Waals surface area contributed by atoms with Crippen LogP contribution in [0.5, 0.6) is 0 Å². The number of aliphatic carboxylic acids is 1. The summed E-state index contributed by atoms with van der Waals surface area (Å²) in [7, 11) is 0. The second-order valence-electron chi connectivity index (χ2n) is 5.32. The standard InChI is InChI=1S/C13H24N6O5/c1-7(20)10(12(21)22)18-13(23)16-6-9-17-11(19-24-9)8(15)4-2-3-5-14/h7-8,10,20H,2-6,14-15H2,1H3,(H,21,22)(H2,16,18,23)/t7?,8-,10?/m0/s1. The molecular weight excluding hydrogens is 320 g/mol. The van der Waals surface area contributed by atoms with Crippen LogP contribution in [-0.2, 0) is 11.3 Å². The average molecular weight is 344 g/mol. The lowest BCUT2D eigenvalue weighted by Gasteiger charge is -2.16. The summed E-state index contributed by atoms with van der Waals surface area (Å²) in [5.74, 6) is -0.876. The fourth-order valence-electron chi connectivity index (χ4n) is 1.86. The maximum absolute atomic E-state index is 11.6. The van der Waals surface area contributed by atoms with Gasteiger partial charge in [-0.05, 0) is 26.3 Å². The highest BCUT2D eigenvalue weighted by Gasteiger charge is 2.25. The zero-order chi connectivity index (χ0) is 18.1. The number of nitrogens with one attached hydrogen (secondary N) is 2. The number of rotatable bonds is 10. The van der Waals surface area contributed by atoms with E-state index in [1.807, 2.05) is 0 Å². The van der Waals surface area contributed by atoms with E-state index in [9.17, 15) is 14.7 Å². The zero-order valence-electron chi connectivity index (χ0n) is 13.4. The topological polar surface area (TPSA) is 190 Å². The quantitative estimate of drug-likeness (QED) is 0.284. The molecule has 3 atom stereocenters. The van der Waals surface area contributed by atoms with Crippen molar-refractivity contribution < 1.29 is 24.3 Å². The molecule has 2 amide bonds. The van der Waals surface area contributed by atoms with Gasteiger partial charge >= 0.3 is 12.0 Å². The third-order valence-corrected chi connectivity index (χ3v) is 3.22. The Labute approximate surface area is 138 Å². The van der Waals surface area contributed by atoms with Gasteiger partial charge < -0.3 is 36.8 Å². The average Bonchev–Trinajstić information content (AvgIpc) is 2.99. The lowest BCUT2D eigenvalue weighted by Crippen LogP contribution is -2.51. The number of carbonyl (C=O) groups is 2. The van der Waals surface area contributed by atoms with E-state index in [0.29, 0.717) is 18.8 Å². The molecule has 1 heterocycles. The first-order chi connectivity index (χ1) is 11.3. The number of hydrogen-bond donors (Lipinski definition) is 6. The molecule has 0 radical (unpaired) electrons.